The van der Waals surface area contributed by atoms with Crippen LogP contribution in [0.3, 0.4) is 0 Å². The number of hydrogen-bond donors (Lipinski definition) is 1. The molecule has 1 N–H and O–H groups in total. The van der Waals surface area contributed by atoms with Gasteiger partial charge in [0.2, 0.25) is 11.8 Å². The number of piperidine rings is 1. The Balaban J connectivity index is 1.06. The maximum absolute atomic E-state index is 14.7. The van der Waals surface area contributed by atoms with E-state index in [4.69, 9.17) is 27.9 Å². The number of anilines is 1. The Bertz CT molecular complexity index is 2290. The average Bonchev–Trinajstić information content (AvgIpc) is 3.56. The lowest BCUT2D eigenvalue weighted by Gasteiger charge is -2.50. The van der Waals surface area contributed by atoms with E-state index in [1.165, 1.54) is 28.7 Å². The molecule has 4 aromatic rings. The third-order valence-corrected chi connectivity index (χ3v) is 14.1. The summed E-state index contributed by atoms with van der Waals surface area (Å²) in [6.45, 7) is 2.47. The molecule has 0 spiro atoms. The summed E-state index contributed by atoms with van der Waals surface area (Å²) in [7, 11) is 0. The zero-order chi connectivity index (χ0) is 39.6. The number of likely N-dealkylation sites (tertiary alicyclic amines) is 2. The Hall–Kier alpha value is -5.03. The third kappa shape index (κ3) is 6.06. The number of ether oxygens (including phenoxy) is 1. The van der Waals surface area contributed by atoms with Crippen LogP contribution < -0.4 is 9.64 Å². The number of rotatable bonds is 8. The van der Waals surface area contributed by atoms with Crippen molar-refractivity contribution in [3.63, 3.8) is 0 Å². The van der Waals surface area contributed by atoms with Gasteiger partial charge in [-0.2, -0.15) is 0 Å². The van der Waals surface area contributed by atoms with Crippen molar-refractivity contribution >= 4 is 52.5 Å². The molecule has 2 aliphatic carbocycles. The summed E-state index contributed by atoms with van der Waals surface area (Å²) in [5, 5.41) is 11.7. The maximum atomic E-state index is 14.7. The molecule has 3 aliphatic heterocycles. The Morgan fingerprint density at radius 1 is 0.789 bits per heavy atom. The van der Waals surface area contributed by atoms with Gasteiger partial charge < -0.3 is 9.84 Å². The SMILES string of the molecule is O=C1[C@H]2[C@H](CC=C3[C@H]2C[C@@]2(Cl)C(=O)N(c4ccc(F)cc4)C(=O)[C@@]2(Cl)[C@H]3c2ccc(OCc3ccccc3)cc2O)C(=O)N1C1CCN(Cc2ccccc2)CC1. The van der Waals surface area contributed by atoms with Crippen LogP contribution in [0, 0.1) is 23.6 Å². The van der Waals surface area contributed by atoms with Gasteiger partial charge in [-0.3, -0.25) is 29.0 Å². The van der Waals surface area contributed by atoms with Crippen molar-refractivity contribution in [2.24, 2.45) is 17.8 Å². The lowest BCUT2D eigenvalue weighted by Crippen LogP contribution is -2.60. The van der Waals surface area contributed by atoms with Gasteiger partial charge in [0.25, 0.3) is 11.8 Å². The zero-order valence-electron chi connectivity index (χ0n) is 30.9. The minimum atomic E-state index is -2.17. The molecule has 4 amide bonds. The second-order valence-electron chi connectivity index (χ2n) is 15.8. The highest BCUT2D eigenvalue weighted by atomic mass is 35.5. The normalized spacial score (nSPS) is 28.9. The Morgan fingerprint density at radius 3 is 2.12 bits per heavy atom. The predicted molar refractivity (Wildman–Crippen MR) is 212 cm³/mol. The highest BCUT2D eigenvalue weighted by molar-refractivity contribution is 6.58. The molecule has 3 heterocycles. The topological polar surface area (TPSA) is 107 Å². The largest absolute Gasteiger partial charge is 0.508 e. The van der Waals surface area contributed by atoms with Crippen LogP contribution in [-0.4, -0.2) is 67.4 Å². The van der Waals surface area contributed by atoms with Crippen molar-refractivity contribution in [3.8, 4) is 11.5 Å². The van der Waals surface area contributed by atoms with Crippen LogP contribution in [0.1, 0.15) is 48.3 Å². The second-order valence-corrected chi connectivity index (χ2v) is 17.0. The summed E-state index contributed by atoms with van der Waals surface area (Å²) in [5.41, 5.74) is 2.99. The quantitative estimate of drug-likeness (QED) is 0.113. The number of nitrogens with zero attached hydrogens (tertiary/aromatic N) is 3. The van der Waals surface area contributed by atoms with Crippen molar-refractivity contribution in [1.82, 2.24) is 9.80 Å². The number of alkyl halides is 2. The number of imide groups is 2. The first kappa shape index (κ1) is 37.5. The molecule has 12 heteroatoms. The molecule has 5 aliphatic rings. The molecule has 0 radical (unpaired) electrons. The van der Waals surface area contributed by atoms with Crippen LogP contribution in [-0.2, 0) is 32.3 Å². The monoisotopic (exact) mass is 807 g/mol. The Kier molecular flexibility index (Phi) is 9.49. The molecule has 0 aromatic heterocycles. The van der Waals surface area contributed by atoms with Crippen LogP contribution in [0.4, 0.5) is 10.1 Å². The highest BCUT2D eigenvalue weighted by Crippen LogP contribution is 2.66. The maximum Gasteiger partial charge on any atom is 0.258 e. The molecule has 1 saturated carbocycles. The smallest absolute Gasteiger partial charge is 0.258 e. The first-order valence-electron chi connectivity index (χ1n) is 19.3. The molecular weight excluding hydrogens is 768 g/mol. The molecule has 0 bridgehead atoms. The number of carbonyl (C=O) groups is 4. The Labute approximate surface area is 339 Å². The average molecular weight is 809 g/mol. The lowest BCUT2D eigenvalue weighted by atomic mass is 9.56. The van der Waals surface area contributed by atoms with E-state index in [0.29, 0.717) is 24.2 Å². The number of aromatic hydroxyl groups is 1. The fourth-order valence-corrected chi connectivity index (χ4v) is 10.8. The number of hydrogen-bond acceptors (Lipinski definition) is 7. The van der Waals surface area contributed by atoms with Crippen molar-refractivity contribution in [1.29, 1.82) is 0 Å². The van der Waals surface area contributed by atoms with Gasteiger partial charge in [0, 0.05) is 43.2 Å². The van der Waals surface area contributed by atoms with Gasteiger partial charge in [0.05, 0.1) is 17.5 Å². The summed E-state index contributed by atoms with van der Waals surface area (Å²) >= 11 is 15.0. The van der Waals surface area contributed by atoms with Crippen LogP contribution in [0.15, 0.2) is 115 Å². The fraction of sp³-hybridized carbons (Fsp3) is 0.333. The molecule has 6 atom stereocenters. The number of phenolic OH excluding ortho intramolecular Hbond substituents is 1. The van der Waals surface area contributed by atoms with E-state index in [1.807, 2.05) is 54.6 Å². The van der Waals surface area contributed by atoms with E-state index in [1.54, 1.807) is 12.1 Å². The summed E-state index contributed by atoms with van der Waals surface area (Å²) in [6, 6.07) is 29.0. The molecule has 9 nitrogen and oxygen atoms in total. The fourth-order valence-electron chi connectivity index (χ4n) is 9.90. The number of allylic oxidation sites excluding steroid dienone is 2. The van der Waals surface area contributed by atoms with Crippen molar-refractivity contribution < 1.29 is 33.4 Å². The zero-order valence-corrected chi connectivity index (χ0v) is 32.4. The van der Waals surface area contributed by atoms with Gasteiger partial charge in [-0.25, -0.2) is 9.29 Å². The van der Waals surface area contributed by atoms with E-state index < -0.39 is 51.1 Å². The molecule has 57 heavy (non-hydrogen) atoms. The number of halogens is 3. The van der Waals surface area contributed by atoms with E-state index in [0.717, 1.165) is 42.2 Å². The van der Waals surface area contributed by atoms with Crippen LogP contribution >= 0.6 is 23.2 Å². The Morgan fingerprint density at radius 2 is 1.46 bits per heavy atom. The standard InChI is InChI=1S/C45H40Cl2FN3O6/c46-44-24-36-33(17-18-35-38(36)41(54)50(40(35)53)31-19-21-49(22-20-31)25-27-7-3-1-4-8-27)39(34-16-15-32(23-37(34)52)57-26-28-9-5-2-6-10-28)45(44,47)43(56)51(42(44)55)30-13-11-29(48)12-14-30/h1-17,23,31,35-36,38-39,52H,18-22,24-26H2/t35-,36+,38-,39+,44+,45-/m0/s1. The molecule has 0 unspecified atom stereocenters. The van der Waals surface area contributed by atoms with E-state index in [2.05, 4.69) is 17.0 Å². The predicted octanol–water partition coefficient (Wildman–Crippen LogP) is 7.34. The summed E-state index contributed by atoms with van der Waals surface area (Å²) in [5.74, 6) is -6.12. The number of phenols is 1. The van der Waals surface area contributed by atoms with E-state index in [-0.39, 0.29) is 54.3 Å². The van der Waals surface area contributed by atoms with Gasteiger partial charge in [0.15, 0.2) is 9.75 Å². The minimum absolute atomic E-state index is 0.0835. The third-order valence-electron chi connectivity index (χ3n) is 12.7. The minimum Gasteiger partial charge on any atom is -0.508 e. The molecule has 292 valence electrons. The number of fused-ring (bicyclic) bond motifs is 4. The highest BCUT2D eigenvalue weighted by Gasteiger charge is 2.77. The van der Waals surface area contributed by atoms with Crippen LogP contribution in [0.5, 0.6) is 11.5 Å². The second kappa shape index (κ2) is 14.4. The van der Waals surface area contributed by atoms with Gasteiger partial charge >= 0.3 is 0 Å². The molecule has 4 fully saturated rings. The summed E-state index contributed by atoms with van der Waals surface area (Å²) in [6.07, 6.45) is 3.13. The van der Waals surface area contributed by atoms with Gasteiger partial charge in [-0.15, -0.1) is 23.2 Å². The van der Waals surface area contributed by atoms with Gasteiger partial charge in [-0.1, -0.05) is 78.4 Å². The molecule has 9 rings (SSSR count). The van der Waals surface area contributed by atoms with Crippen molar-refractivity contribution in [2.75, 3.05) is 18.0 Å². The van der Waals surface area contributed by atoms with Crippen LogP contribution in [0.2, 0.25) is 0 Å². The first-order chi connectivity index (χ1) is 27.5. The summed E-state index contributed by atoms with van der Waals surface area (Å²) in [4.78, 5) is 58.7. The van der Waals surface area contributed by atoms with Crippen molar-refractivity contribution in [3.05, 3.63) is 137 Å². The molecule has 4 aromatic carbocycles. The van der Waals surface area contributed by atoms with E-state index in [9.17, 15) is 28.7 Å². The first-order valence-corrected chi connectivity index (χ1v) is 20.1. The summed E-state index contributed by atoms with van der Waals surface area (Å²) < 4.78 is 20.0. The molecular formula is C45H40Cl2FN3O6. The van der Waals surface area contributed by atoms with E-state index >= 15 is 0 Å². The number of carbonyl (C=O) groups excluding carboxylic acids is 4. The molecule has 3 saturated heterocycles. The van der Waals surface area contributed by atoms with Gasteiger partial charge in [0.1, 0.15) is 23.9 Å². The number of amides is 4. The van der Waals surface area contributed by atoms with Gasteiger partial charge in [-0.05, 0) is 73.1 Å². The van der Waals surface area contributed by atoms with Crippen LogP contribution in [0.25, 0.3) is 0 Å². The lowest BCUT2D eigenvalue weighted by molar-refractivity contribution is -0.144. The van der Waals surface area contributed by atoms with Crippen molar-refractivity contribution in [2.45, 2.75) is 60.5 Å². The number of benzene rings is 4.